The lowest BCUT2D eigenvalue weighted by molar-refractivity contribution is -0.138. The predicted molar refractivity (Wildman–Crippen MR) is 110 cm³/mol. The van der Waals surface area contributed by atoms with Crippen molar-refractivity contribution >= 4 is 23.3 Å². The molecule has 1 aromatic heterocycles. The quantitative estimate of drug-likeness (QED) is 0.702. The summed E-state index contributed by atoms with van der Waals surface area (Å²) >= 11 is 6.09. The van der Waals surface area contributed by atoms with Crippen LogP contribution in [0.15, 0.2) is 12.3 Å². The second kappa shape index (κ2) is 8.91. The zero-order valence-corrected chi connectivity index (χ0v) is 17.8. The Kier molecular flexibility index (Phi) is 6.44. The van der Waals surface area contributed by atoms with Gasteiger partial charge in [-0.3, -0.25) is 4.79 Å². The maximum Gasteiger partial charge on any atom is 0.417 e. The molecule has 0 aromatic carbocycles. The SMILES string of the molecule is O=C(C1CCN(c2ncc(C(F)(F)F)cc2Cl)CC1)N1CCCC1CN1CCCC1. The van der Waals surface area contributed by atoms with Gasteiger partial charge in [-0.1, -0.05) is 11.6 Å². The van der Waals surface area contributed by atoms with Crippen LogP contribution in [0, 0.1) is 5.92 Å². The normalized spacial score (nSPS) is 24.1. The average Bonchev–Trinajstić information content (AvgIpc) is 3.39. The van der Waals surface area contributed by atoms with Crippen LogP contribution in [0.4, 0.5) is 19.0 Å². The Bertz CT molecular complexity index is 761. The van der Waals surface area contributed by atoms with E-state index in [1.807, 2.05) is 4.90 Å². The van der Waals surface area contributed by atoms with Crippen molar-refractivity contribution in [1.29, 1.82) is 0 Å². The number of halogens is 4. The van der Waals surface area contributed by atoms with Crippen LogP contribution >= 0.6 is 11.6 Å². The van der Waals surface area contributed by atoms with Crippen LogP contribution in [0.5, 0.6) is 0 Å². The number of piperidine rings is 1. The van der Waals surface area contributed by atoms with Crippen LogP contribution in [0.25, 0.3) is 0 Å². The highest BCUT2D eigenvalue weighted by Crippen LogP contribution is 2.35. The molecule has 0 spiro atoms. The summed E-state index contributed by atoms with van der Waals surface area (Å²) in [6.45, 7) is 5.23. The Balaban J connectivity index is 1.34. The van der Waals surface area contributed by atoms with Crippen LogP contribution in [-0.2, 0) is 11.0 Å². The molecule has 0 radical (unpaired) electrons. The van der Waals surface area contributed by atoms with Crippen LogP contribution in [0.3, 0.4) is 0 Å². The Hall–Kier alpha value is -1.54. The fourth-order valence-corrected chi connectivity index (χ4v) is 5.26. The van der Waals surface area contributed by atoms with Crippen LogP contribution in [-0.4, -0.2) is 66.0 Å². The molecule has 4 rings (SSSR count). The van der Waals surface area contributed by atoms with Gasteiger partial charge in [0.2, 0.25) is 5.91 Å². The van der Waals surface area contributed by atoms with Gasteiger partial charge in [-0.2, -0.15) is 13.2 Å². The van der Waals surface area contributed by atoms with E-state index in [2.05, 4.69) is 14.8 Å². The van der Waals surface area contributed by atoms with E-state index in [0.717, 1.165) is 51.3 Å². The fourth-order valence-electron chi connectivity index (χ4n) is 4.97. The topological polar surface area (TPSA) is 39.7 Å². The van der Waals surface area contributed by atoms with Gasteiger partial charge in [-0.15, -0.1) is 0 Å². The van der Waals surface area contributed by atoms with Gasteiger partial charge < -0.3 is 14.7 Å². The summed E-state index contributed by atoms with van der Waals surface area (Å²) in [5.74, 6) is 0.570. The van der Waals surface area contributed by atoms with E-state index in [0.29, 0.717) is 37.8 Å². The van der Waals surface area contributed by atoms with E-state index in [1.165, 1.54) is 12.8 Å². The summed E-state index contributed by atoms with van der Waals surface area (Å²) in [6, 6.07) is 1.24. The number of carbonyl (C=O) groups is 1. The van der Waals surface area contributed by atoms with Gasteiger partial charge in [0, 0.05) is 44.3 Å². The molecule has 3 aliphatic rings. The smallest absolute Gasteiger partial charge is 0.355 e. The zero-order valence-electron chi connectivity index (χ0n) is 17.0. The number of amides is 1. The number of hydrogen-bond acceptors (Lipinski definition) is 4. The molecule has 5 nitrogen and oxygen atoms in total. The van der Waals surface area contributed by atoms with Gasteiger partial charge in [-0.05, 0) is 57.7 Å². The molecule has 0 N–H and O–H groups in total. The number of likely N-dealkylation sites (tertiary alicyclic amines) is 2. The minimum atomic E-state index is -4.46. The summed E-state index contributed by atoms with van der Waals surface area (Å²) in [6.07, 6.45) is 2.34. The van der Waals surface area contributed by atoms with Crippen molar-refractivity contribution < 1.29 is 18.0 Å². The van der Waals surface area contributed by atoms with Crippen molar-refractivity contribution in [2.24, 2.45) is 5.92 Å². The summed E-state index contributed by atoms with van der Waals surface area (Å²) in [5.41, 5.74) is -0.848. The van der Waals surface area contributed by atoms with Crippen LogP contribution in [0.1, 0.15) is 44.1 Å². The van der Waals surface area contributed by atoms with Crippen molar-refractivity contribution in [3.63, 3.8) is 0 Å². The first kappa shape index (κ1) is 21.7. The number of hydrogen-bond donors (Lipinski definition) is 0. The number of aromatic nitrogens is 1. The molecule has 166 valence electrons. The first-order valence-corrected chi connectivity index (χ1v) is 11.2. The Morgan fingerprint density at radius 1 is 1.07 bits per heavy atom. The molecule has 30 heavy (non-hydrogen) atoms. The van der Waals surface area contributed by atoms with Crippen LogP contribution < -0.4 is 4.90 Å². The van der Waals surface area contributed by atoms with Gasteiger partial charge in [0.05, 0.1) is 10.6 Å². The Morgan fingerprint density at radius 2 is 1.77 bits per heavy atom. The molecule has 1 atom stereocenters. The first-order chi connectivity index (χ1) is 14.3. The van der Waals surface area contributed by atoms with E-state index in [9.17, 15) is 18.0 Å². The highest BCUT2D eigenvalue weighted by Gasteiger charge is 2.37. The molecule has 1 aromatic rings. The van der Waals surface area contributed by atoms with Gasteiger partial charge in [0.25, 0.3) is 0 Å². The van der Waals surface area contributed by atoms with Crippen molar-refractivity contribution in [2.45, 2.75) is 50.7 Å². The zero-order chi connectivity index (χ0) is 21.3. The van der Waals surface area contributed by atoms with Crippen LogP contribution in [0.2, 0.25) is 5.02 Å². The van der Waals surface area contributed by atoms with Crippen molar-refractivity contribution in [3.05, 3.63) is 22.8 Å². The second-order valence-electron chi connectivity index (χ2n) is 8.62. The molecule has 0 aliphatic carbocycles. The molecule has 4 heterocycles. The van der Waals surface area contributed by atoms with Crippen molar-refractivity contribution in [3.8, 4) is 0 Å². The van der Waals surface area contributed by atoms with Crippen molar-refractivity contribution in [2.75, 3.05) is 44.2 Å². The molecule has 1 unspecified atom stereocenters. The lowest BCUT2D eigenvalue weighted by Crippen LogP contribution is -2.47. The second-order valence-corrected chi connectivity index (χ2v) is 9.03. The largest absolute Gasteiger partial charge is 0.417 e. The standard InChI is InChI=1S/C21H28ClF3N4O/c22-18-12-16(21(23,24)25)13-26-19(18)28-10-5-15(6-11-28)20(30)29-9-3-4-17(29)14-27-7-1-2-8-27/h12-13,15,17H,1-11,14H2. The van der Waals surface area contributed by atoms with E-state index in [1.54, 1.807) is 0 Å². The third-order valence-electron chi connectivity index (χ3n) is 6.62. The number of nitrogens with zero attached hydrogens (tertiary/aromatic N) is 4. The Labute approximate surface area is 180 Å². The summed E-state index contributed by atoms with van der Waals surface area (Å²) < 4.78 is 38.5. The molecule has 9 heteroatoms. The van der Waals surface area contributed by atoms with Gasteiger partial charge in [0.1, 0.15) is 5.82 Å². The minimum absolute atomic E-state index is 0.000165. The molecule has 3 saturated heterocycles. The lowest BCUT2D eigenvalue weighted by Gasteiger charge is -2.36. The molecular formula is C21H28ClF3N4O. The number of alkyl halides is 3. The maximum atomic E-state index is 13.2. The summed E-state index contributed by atoms with van der Waals surface area (Å²) in [4.78, 5) is 23.6. The summed E-state index contributed by atoms with van der Waals surface area (Å²) in [5, 5.41) is -0.000165. The van der Waals surface area contributed by atoms with E-state index < -0.39 is 11.7 Å². The van der Waals surface area contributed by atoms with Gasteiger partial charge in [0.15, 0.2) is 0 Å². The molecule has 1 amide bonds. The number of rotatable bonds is 4. The predicted octanol–water partition coefficient (Wildman–Crippen LogP) is 4.06. The minimum Gasteiger partial charge on any atom is -0.355 e. The van der Waals surface area contributed by atoms with Gasteiger partial charge >= 0.3 is 6.18 Å². The molecule has 0 bridgehead atoms. The lowest BCUT2D eigenvalue weighted by atomic mass is 9.95. The highest BCUT2D eigenvalue weighted by molar-refractivity contribution is 6.33. The van der Waals surface area contributed by atoms with Crippen molar-refractivity contribution in [1.82, 2.24) is 14.8 Å². The fraction of sp³-hybridized carbons (Fsp3) is 0.714. The Morgan fingerprint density at radius 3 is 2.40 bits per heavy atom. The highest BCUT2D eigenvalue weighted by atomic mass is 35.5. The molecule has 0 saturated carbocycles. The monoisotopic (exact) mass is 444 g/mol. The molecule has 3 fully saturated rings. The number of carbonyl (C=O) groups excluding carboxylic acids is 1. The first-order valence-electron chi connectivity index (χ1n) is 10.8. The van der Waals surface area contributed by atoms with E-state index in [-0.39, 0.29) is 16.8 Å². The van der Waals surface area contributed by atoms with E-state index in [4.69, 9.17) is 11.6 Å². The molecule has 3 aliphatic heterocycles. The van der Waals surface area contributed by atoms with Gasteiger partial charge in [-0.25, -0.2) is 4.98 Å². The maximum absolute atomic E-state index is 13.2. The third kappa shape index (κ3) is 4.69. The number of anilines is 1. The average molecular weight is 445 g/mol. The third-order valence-corrected chi connectivity index (χ3v) is 6.90. The summed E-state index contributed by atoms with van der Waals surface area (Å²) in [7, 11) is 0. The molecular weight excluding hydrogens is 417 g/mol. The van der Waals surface area contributed by atoms with E-state index >= 15 is 0 Å². The number of pyridine rings is 1.